The van der Waals surface area contributed by atoms with Crippen LogP contribution < -0.4 is 5.73 Å². The van der Waals surface area contributed by atoms with Gasteiger partial charge in [0.15, 0.2) is 0 Å². The third-order valence-electron chi connectivity index (χ3n) is 2.31. The molecule has 0 aromatic rings. The van der Waals surface area contributed by atoms with Crippen molar-refractivity contribution < 1.29 is 13.2 Å². The van der Waals surface area contributed by atoms with Crippen molar-refractivity contribution in [3.8, 4) is 0 Å². The molecule has 1 amide bonds. The Balaban J connectivity index is 5.13. The van der Waals surface area contributed by atoms with Gasteiger partial charge < -0.3 is 5.73 Å². The summed E-state index contributed by atoms with van der Waals surface area (Å²) in [7, 11) is -2.04. The van der Waals surface area contributed by atoms with Crippen molar-refractivity contribution in [3.63, 3.8) is 0 Å². The van der Waals surface area contributed by atoms with E-state index >= 15 is 0 Å². The molecule has 90 valence electrons. The average molecular weight is 236 g/mol. The fraction of sp³-hybridized carbons (Fsp3) is 0.889. The summed E-state index contributed by atoms with van der Waals surface area (Å²) in [6.45, 7) is 6.68. The van der Waals surface area contributed by atoms with Crippen molar-refractivity contribution in [3.05, 3.63) is 0 Å². The highest BCUT2D eigenvalue weighted by molar-refractivity contribution is 7.89. The van der Waals surface area contributed by atoms with Crippen molar-refractivity contribution in [2.45, 2.75) is 39.0 Å². The smallest absolute Gasteiger partial charge is 0.236 e. The zero-order chi connectivity index (χ0) is 12.4. The van der Waals surface area contributed by atoms with Gasteiger partial charge in [0.05, 0.1) is 5.25 Å². The normalized spacial score (nSPS) is 14.9. The molecular formula is C9H20N2O3S. The van der Waals surface area contributed by atoms with Crippen LogP contribution in [0.4, 0.5) is 0 Å². The number of primary amides is 1. The van der Waals surface area contributed by atoms with E-state index in [1.807, 2.05) is 0 Å². The number of nitrogens with zero attached hydrogens (tertiary/aromatic N) is 1. The monoisotopic (exact) mass is 236 g/mol. The summed E-state index contributed by atoms with van der Waals surface area (Å²) >= 11 is 0. The number of amides is 1. The van der Waals surface area contributed by atoms with Crippen LogP contribution in [0, 0.1) is 5.92 Å². The van der Waals surface area contributed by atoms with Crippen molar-refractivity contribution in [2.75, 3.05) is 7.05 Å². The lowest BCUT2D eigenvalue weighted by Crippen LogP contribution is -2.50. The Morgan fingerprint density at radius 2 is 1.60 bits per heavy atom. The molecule has 0 spiro atoms. The van der Waals surface area contributed by atoms with Crippen molar-refractivity contribution in [1.82, 2.24) is 4.31 Å². The maximum Gasteiger partial charge on any atom is 0.236 e. The van der Waals surface area contributed by atoms with Gasteiger partial charge in [0.1, 0.15) is 6.04 Å². The second-order valence-corrected chi connectivity index (χ2v) is 6.75. The SMILES string of the molecule is CC(C)[C@@H](C(N)=O)N(C)S(=O)(=O)C(C)C. The number of nitrogens with two attached hydrogens (primary N) is 1. The van der Waals surface area contributed by atoms with E-state index in [1.54, 1.807) is 27.7 Å². The van der Waals surface area contributed by atoms with Crippen molar-refractivity contribution >= 4 is 15.9 Å². The first-order valence-corrected chi connectivity index (χ1v) is 6.38. The minimum Gasteiger partial charge on any atom is -0.368 e. The highest BCUT2D eigenvalue weighted by Gasteiger charge is 2.34. The number of hydrogen-bond acceptors (Lipinski definition) is 3. The first-order chi connectivity index (χ1) is 6.62. The lowest BCUT2D eigenvalue weighted by Gasteiger charge is -2.29. The molecule has 5 nitrogen and oxygen atoms in total. The van der Waals surface area contributed by atoms with Crippen LogP contribution in [0.2, 0.25) is 0 Å². The summed E-state index contributed by atoms with van der Waals surface area (Å²) in [6.07, 6.45) is 0. The van der Waals surface area contributed by atoms with Crippen LogP contribution in [0.25, 0.3) is 0 Å². The molecule has 15 heavy (non-hydrogen) atoms. The van der Waals surface area contributed by atoms with Gasteiger partial charge >= 0.3 is 0 Å². The van der Waals surface area contributed by atoms with E-state index in [4.69, 9.17) is 5.73 Å². The lowest BCUT2D eigenvalue weighted by molar-refractivity contribution is -0.122. The van der Waals surface area contributed by atoms with Crippen LogP contribution in [0.3, 0.4) is 0 Å². The second kappa shape index (κ2) is 4.94. The van der Waals surface area contributed by atoms with Crippen LogP contribution in [0.5, 0.6) is 0 Å². The van der Waals surface area contributed by atoms with Crippen LogP contribution >= 0.6 is 0 Å². The summed E-state index contributed by atoms with van der Waals surface area (Å²) in [4.78, 5) is 11.2. The highest BCUT2D eigenvalue weighted by atomic mass is 32.2. The average Bonchev–Trinajstić information content (AvgIpc) is 2.01. The lowest BCUT2D eigenvalue weighted by atomic mass is 10.0. The summed E-state index contributed by atoms with van der Waals surface area (Å²) in [5, 5.41) is -0.553. The Morgan fingerprint density at radius 1 is 1.20 bits per heavy atom. The van der Waals surface area contributed by atoms with Crippen LogP contribution in [0.1, 0.15) is 27.7 Å². The third kappa shape index (κ3) is 3.17. The van der Waals surface area contributed by atoms with Gasteiger partial charge in [-0.1, -0.05) is 13.8 Å². The zero-order valence-electron chi connectivity index (χ0n) is 9.89. The van der Waals surface area contributed by atoms with Crippen LogP contribution in [-0.4, -0.2) is 37.0 Å². The van der Waals surface area contributed by atoms with Gasteiger partial charge in [0, 0.05) is 7.05 Å². The van der Waals surface area contributed by atoms with E-state index in [9.17, 15) is 13.2 Å². The fourth-order valence-corrected chi connectivity index (χ4v) is 2.75. The molecule has 0 radical (unpaired) electrons. The van der Waals surface area contributed by atoms with Gasteiger partial charge in [-0.05, 0) is 19.8 Å². The molecule has 0 bridgehead atoms. The summed E-state index contributed by atoms with van der Waals surface area (Å²) in [5.41, 5.74) is 5.19. The Labute approximate surface area is 91.7 Å². The molecular weight excluding hydrogens is 216 g/mol. The largest absolute Gasteiger partial charge is 0.368 e. The molecule has 0 saturated carbocycles. The first kappa shape index (κ1) is 14.4. The number of rotatable bonds is 5. The molecule has 0 heterocycles. The quantitative estimate of drug-likeness (QED) is 0.738. The number of likely N-dealkylation sites (N-methyl/N-ethyl adjacent to an activating group) is 1. The van der Waals surface area contributed by atoms with Gasteiger partial charge in [-0.2, -0.15) is 4.31 Å². The maximum atomic E-state index is 11.8. The molecule has 0 fully saturated rings. The number of carbonyl (C=O) groups is 1. The summed E-state index contributed by atoms with van der Waals surface area (Å²) in [5.74, 6) is -0.752. The molecule has 2 N–H and O–H groups in total. The van der Waals surface area contributed by atoms with Crippen molar-refractivity contribution in [1.29, 1.82) is 0 Å². The highest BCUT2D eigenvalue weighted by Crippen LogP contribution is 2.16. The second-order valence-electron chi connectivity index (χ2n) is 4.20. The van der Waals surface area contributed by atoms with Crippen molar-refractivity contribution in [2.24, 2.45) is 11.7 Å². The molecule has 1 atom stereocenters. The van der Waals surface area contributed by atoms with E-state index in [0.717, 1.165) is 4.31 Å². The minimum atomic E-state index is -3.43. The standard InChI is InChI=1S/C9H20N2O3S/c1-6(2)8(9(10)12)11(5)15(13,14)7(3)4/h6-8H,1-5H3,(H2,10,12)/t8-/m0/s1. The molecule has 0 rings (SSSR count). The third-order valence-corrected chi connectivity index (χ3v) is 4.53. The Kier molecular flexibility index (Phi) is 4.73. The predicted octanol–water partition coefficient (Wildman–Crippen LogP) is 0.166. The maximum absolute atomic E-state index is 11.8. The molecule has 0 unspecified atom stereocenters. The zero-order valence-corrected chi connectivity index (χ0v) is 10.7. The van der Waals surface area contributed by atoms with Gasteiger partial charge in [0.2, 0.25) is 15.9 Å². The first-order valence-electron chi connectivity index (χ1n) is 4.88. The van der Waals surface area contributed by atoms with E-state index < -0.39 is 27.2 Å². The van der Waals surface area contributed by atoms with Crippen LogP contribution in [0.15, 0.2) is 0 Å². The predicted molar refractivity (Wildman–Crippen MR) is 59.6 cm³/mol. The van der Waals surface area contributed by atoms with Crippen LogP contribution in [-0.2, 0) is 14.8 Å². The number of sulfonamides is 1. The number of carbonyl (C=O) groups excluding carboxylic acids is 1. The molecule has 0 aromatic heterocycles. The Morgan fingerprint density at radius 3 is 1.80 bits per heavy atom. The van der Waals surface area contributed by atoms with Gasteiger partial charge in [-0.3, -0.25) is 4.79 Å². The Hall–Kier alpha value is -0.620. The molecule has 6 heteroatoms. The summed E-state index contributed by atoms with van der Waals surface area (Å²) < 4.78 is 24.7. The van der Waals surface area contributed by atoms with E-state index in [2.05, 4.69) is 0 Å². The number of hydrogen-bond donors (Lipinski definition) is 1. The molecule has 0 aliphatic carbocycles. The van der Waals surface area contributed by atoms with E-state index in [-0.39, 0.29) is 5.92 Å². The molecule has 0 aromatic carbocycles. The molecule has 0 saturated heterocycles. The summed E-state index contributed by atoms with van der Waals surface area (Å²) in [6, 6.07) is -0.780. The molecule has 0 aliphatic heterocycles. The fourth-order valence-electron chi connectivity index (χ4n) is 1.42. The molecule has 0 aliphatic rings. The topological polar surface area (TPSA) is 80.5 Å². The van der Waals surface area contributed by atoms with E-state index in [0.29, 0.717) is 0 Å². The van der Waals surface area contributed by atoms with E-state index in [1.165, 1.54) is 7.05 Å². The van der Waals surface area contributed by atoms with Gasteiger partial charge in [-0.15, -0.1) is 0 Å². The Bertz CT molecular complexity index is 322. The minimum absolute atomic E-state index is 0.138. The van der Waals surface area contributed by atoms with Gasteiger partial charge in [0.25, 0.3) is 0 Å². The van der Waals surface area contributed by atoms with Gasteiger partial charge in [-0.25, -0.2) is 8.42 Å².